The van der Waals surface area contributed by atoms with E-state index < -0.39 is 10.0 Å². The molecule has 6 nitrogen and oxygen atoms in total. The van der Waals surface area contributed by atoms with Crippen LogP contribution in [-0.2, 0) is 10.0 Å². The third-order valence-corrected chi connectivity index (χ3v) is 8.30. The maximum Gasteiger partial charge on any atom is 0.232 e. The van der Waals surface area contributed by atoms with Gasteiger partial charge in [-0.15, -0.1) is 11.3 Å². The number of nitrogens with zero attached hydrogens (tertiary/aromatic N) is 3. The number of nitrogens with one attached hydrogen (secondary N) is 1. The molecule has 10 heteroatoms. The van der Waals surface area contributed by atoms with Crippen LogP contribution in [0.25, 0.3) is 21.8 Å². The first-order valence-electron chi connectivity index (χ1n) is 9.59. The lowest BCUT2D eigenvalue weighted by Gasteiger charge is -2.12. The van der Waals surface area contributed by atoms with E-state index in [1.54, 1.807) is 29.7 Å². The summed E-state index contributed by atoms with van der Waals surface area (Å²) in [6, 6.07) is 7.20. The van der Waals surface area contributed by atoms with Crippen LogP contribution >= 0.6 is 34.7 Å². The molecule has 0 saturated heterocycles. The van der Waals surface area contributed by atoms with Crippen molar-refractivity contribution in [3.63, 3.8) is 0 Å². The van der Waals surface area contributed by atoms with E-state index in [4.69, 9.17) is 16.6 Å². The highest BCUT2D eigenvalue weighted by Gasteiger charge is 2.30. The Labute approximate surface area is 189 Å². The van der Waals surface area contributed by atoms with E-state index in [1.807, 2.05) is 25.3 Å². The van der Waals surface area contributed by atoms with E-state index in [9.17, 15) is 8.42 Å². The number of aromatic nitrogens is 3. The third kappa shape index (κ3) is 4.64. The van der Waals surface area contributed by atoms with Gasteiger partial charge in [-0.05, 0) is 37.7 Å². The molecular formula is C20H21ClN4O2S3. The zero-order valence-electron chi connectivity index (χ0n) is 16.6. The number of benzene rings is 1. The molecule has 1 aliphatic rings. The fourth-order valence-corrected chi connectivity index (χ4v) is 6.08. The van der Waals surface area contributed by atoms with Gasteiger partial charge in [-0.3, -0.25) is 4.72 Å². The van der Waals surface area contributed by atoms with Crippen LogP contribution in [0.15, 0.2) is 35.6 Å². The second kappa shape index (κ2) is 8.82. The van der Waals surface area contributed by atoms with Crippen LogP contribution in [-0.4, -0.2) is 35.4 Å². The molecule has 30 heavy (non-hydrogen) atoms. The Balaban J connectivity index is 1.81. The summed E-state index contributed by atoms with van der Waals surface area (Å²) >= 11 is 9.78. The molecule has 1 fully saturated rings. The van der Waals surface area contributed by atoms with Gasteiger partial charge in [0.2, 0.25) is 10.0 Å². The highest BCUT2D eigenvalue weighted by molar-refractivity contribution is 7.98. The number of sulfonamides is 1. The first kappa shape index (κ1) is 21.5. The molecule has 2 heterocycles. The first-order valence-corrected chi connectivity index (χ1v) is 13.7. The van der Waals surface area contributed by atoms with Gasteiger partial charge in [0.05, 0.1) is 37.7 Å². The normalized spacial score (nSPS) is 14.1. The van der Waals surface area contributed by atoms with Crippen molar-refractivity contribution < 1.29 is 8.42 Å². The van der Waals surface area contributed by atoms with Crippen LogP contribution < -0.4 is 4.72 Å². The molecule has 0 bridgehead atoms. The summed E-state index contributed by atoms with van der Waals surface area (Å²) < 4.78 is 27.1. The molecule has 1 aromatic carbocycles. The van der Waals surface area contributed by atoms with E-state index in [0.29, 0.717) is 33.8 Å². The Morgan fingerprint density at radius 3 is 2.77 bits per heavy atom. The minimum absolute atomic E-state index is 0.0414. The zero-order chi connectivity index (χ0) is 21.3. The van der Waals surface area contributed by atoms with E-state index >= 15 is 0 Å². The van der Waals surface area contributed by atoms with Gasteiger partial charge in [0.1, 0.15) is 0 Å². The number of thioether (sulfide) groups is 1. The van der Waals surface area contributed by atoms with Gasteiger partial charge in [0.25, 0.3) is 0 Å². The van der Waals surface area contributed by atoms with Crippen LogP contribution in [0.1, 0.15) is 37.1 Å². The van der Waals surface area contributed by atoms with Crippen LogP contribution in [0, 0.1) is 0 Å². The van der Waals surface area contributed by atoms with Crippen LogP contribution in [0.5, 0.6) is 0 Å². The average molecular weight is 481 g/mol. The molecule has 1 saturated carbocycles. The maximum atomic E-state index is 12.3. The lowest BCUT2D eigenvalue weighted by molar-refractivity contribution is 0.600. The fraction of sp³-hybridized carbons (Fsp3) is 0.350. The molecule has 0 aliphatic heterocycles. The molecule has 0 atom stereocenters. The third-order valence-electron chi connectivity index (χ3n) is 4.61. The summed E-state index contributed by atoms with van der Waals surface area (Å²) in [5.74, 6) is 0.522. The highest BCUT2D eigenvalue weighted by atomic mass is 35.5. The second-order valence-corrected chi connectivity index (χ2v) is 11.0. The van der Waals surface area contributed by atoms with Gasteiger partial charge in [0.15, 0.2) is 5.16 Å². The van der Waals surface area contributed by atoms with Gasteiger partial charge in [-0.25, -0.2) is 23.4 Å². The highest BCUT2D eigenvalue weighted by Crippen LogP contribution is 2.48. The van der Waals surface area contributed by atoms with Crippen molar-refractivity contribution >= 4 is 50.4 Å². The Bertz CT molecular complexity index is 1180. The quantitative estimate of drug-likeness (QED) is 0.330. The molecule has 158 valence electrons. The Morgan fingerprint density at radius 1 is 1.27 bits per heavy atom. The predicted molar refractivity (Wildman–Crippen MR) is 125 cm³/mol. The van der Waals surface area contributed by atoms with Crippen LogP contribution in [0.3, 0.4) is 0 Å². The van der Waals surface area contributed by atoms with Gasteiger partial charge in [-0.2, -0.15) is 0 Å². The van der Waals surface area contributed by atoms with Gasteiger partial charge < -0.3 is 0 Å². The summed E-state index contributed by atoms with van der Waals surface area (Å²) in [5.41, 5.74) is 2.58. The minimum atomic E-state index is -3.45. The van der Waals surface area contributed by atoms with Crippen molar-refractivity contribution in [3.8, 4) is 21.8 Å². The smallest absolute Gasteiger partial charge is 0.232 e. The average Bonchev–Trinajstić information content (AvgIpc) is 3.48. The topological polar surface area (TPSA) is 84.8 Å². The minimum Gasteiger partial charge on any atom is -0.282 e. The van der Waals surface area contributed by atoms with Crippen molar-refractivity contribution in [2.24, 2.45) is 0 Å². The second-order valence-electron chi connectivity index (χ2n) is 7.02. The largest absolute Gasteiger partial charge is 0.282 e. The molecule has 0 spiro atoms. The van der Waals surface area contributed by atoms with Crippen molar-refractivity contribution in [3.05, 3.63) is 40.5 Å². The van der Waals surface area contributed by atoms with Crippen molar-refractivity contribution in [1.82, 2.24) is 15.0 Å². The van der Waals surface area contributed by atoms with E-state index in [1.165, 1.54) is 11.8 Å². The predicted octanol–water partition coefficient (Wildman–Crippen LogP) is 5.67. The summed E-state index contributed by atoms with van der Waals surface area (Å²) in [4.78, 5) is 14.7. The number of thiazole rings is 1. The van der Waals surface area contributed by atoms with E-state index in [-0.39, 0.29) is 5.75 Å². The lowest BCUT2D eigenvalue weighted by Crippen LogP contribution is -2.16. The Kier molecular flexibility index (Phi) is 6.34. The van der Waals surface area contributed by atoms with Crippen molar-refractivity contribution in [2.45, 2.75) is 37.3 Å². The number of anilines is 1. The maximum absolute atomic E-state index is 12.3. The molecule has 0 radical (unpaired) electrons. The van der Waals surface area contributed by atoms with Crippen LogP contribution in [0.2, 0.25) is 5.02 Å². The van der Waals surface area contributed by atoms with Gasteiger partial charge in [-0.1, -0.05) is 42.4 Å². The first-order chi connectivity index (χ1) is 14.4. The number of rotatable bonds is 8. The molecular weight excluding hydrogens is 460 g/mol. The molecule has 3 aromatic rings. The summed E-state index contributed by atoms with van der Waals surface area (Å²) in [5, 5.41) is 2.09. The van der Waals surface area contributed by atoms with E-state index in [2.05, 4.69) is 14.7 Å². The summed E-state index contributed by atoms with van der Waals surface area (Å²) in [6.45, 7) is 1.82. The van der Waals surface area contributed by atoms with Crippen molar-refractivity contribution in [2.75, 3.05) is 16.7 Å². The molecule has 2 aromatic heterocycles. The SMILES string of the molecule is CCCS(=O)(=O)Nc1cccc(-c2nc(C3CC3)sc2-c2ccnc(SC)n2)c1Cl. The molecule has 0 unspecified atom stereocenters. The molecule has 1 aliphatic carbocycles. The summed E-state index contributed by atoms with van der Waals surface area (Å²) in [7, 11) is -3.45. The molecule has 4 rings (SSSR count). The van der Waals surface area contributed by atoms with Gasteiger partial charge >= 0.3 is 0 Å². The van der Waals surface area contributed by atoms with Crippen LogP contribution in [0.4, 0.5) is 5.69 Å². The monoisotopic (exact) mass is 480 g/mol. The van der Waals surface area contributed by atoms with Crippen molar-refractivity contribution in [1.29, 1.82) is 0 Å². The Morgan fingerprint density at radius 2 is 2.07 bits per heavy atom. The fourth-order valence-electron chi connectivity index (χ4n) is 3.04. The number of hydrogen-bond donors (Lipinski definition) is 1. The number of halogens is 1. The summed E-state index contributed by atoms with van der Waals surface area (Å²) in [6.07, 6.45) is 6.48. The Hall–Kier alpha value is -1.68. The molecule has 1 N–H and O–H groups in total. The van der Waals surface area contributed by atoms with Gasteiger partial charge in [0, 0.05) is 17.7 Å². The lowest BCUT2D eigenvalue weighted by atomic mass is 10.1. The number of hydrogen-bond acceptors (Lipinski definition) is 7. The zero-order valence-corrected chi connectivity index (χ0v) is 19.8. The standard InChI is InChI=1S/C20H21ClN4O2S3/c1-3-11-30(26,27)25-14-6-4-5-13(16(14)21)17-18(29-19(24-17)12-7-8-12)15-9-10-22-20(23-15)28-2/h4-6,9-10,12,25H,3,7-8,11H2,1-2H3. The molecule has 0 amide bonds. The van der Waals surface area contributed by atoms with E-state index in [0.717, 1.165) is 34.1 Å².